The molecule has 0 heterocycles. The molecule has 0 aliphatic rings. The van der Waals surface area contributed by atoms with Crippen molar-refractivity contribution in [1.82, 2.24) is 5.32 Å². The molecule has 0 saturated carbocycles. The number of benzene rings is 1. The Hall–Kier alpha value is -1.92. The van der Waals surface area contributed by atoms with Gasteiger partial charge in [-0.2, -0.15) is 0 Å². The summed E-state index contributed by atoms with van der Waals surface area (Å²) in [6, 6.07) is 1.44. The van der Waals surface area contributed by atoms with Crippen LogP contribution in [0.1, 0.15) is 60.3 Å². The molecule has 0 spiro atoms. The van der Waals surface area contributed by atoms with E-state index >= 15 is 0 Å². The highest BCUT2D eigenvalue weighted by Gasteiger charge is 2.13. The van der Waals surface area contributed by atoms with E-state index in [1.165, 1.54) is 25.1 Å². The number of aliphatic hydroxyl groups is 1. The van der Waals surface area contributed by atoms with Crippen LogP contribution >= 0.6 is 0 Å². The van der Waals surface area contributed by atoms with Crippen molar-refractivity contribution in [1.29, 1.82) is 0 Å². The van der Waals surface area contributed by atoms with Crippen molar-refractivity contribution in [3.05, 3.63) is 23.8 Å². The maximum atomic E-state index is 11.9. The Balaban J connectivity index is 2.83. The van der Waals surface area contributed by atoms with E-state index in [4.69, 9.17) is 14.3 Å². The summed E-state index contributed by atoms with van der Waals surface area (Å²) in [6.07, 6.45) is -0.364. The van der Waals surface area contributed by atoms with Gasteiger partial charge in [0.15, 0.2) is 5.78 Å². The Labute approximate surface area is 153 Å². The fourth-order valence-corrected chi connectivity index (χ4v) is 1.92. The Bertz CT molecular complexity index is 767. The molecule has 0 saturated heterocycles. The van der Waals surface area contributed by atoms with Gasteiger partial charge in [0.1, 0.15) is 18.5 Å². The van der Waals surface area contributed by atoms with Gasteiger partial charge in [-0.05, 0) is 31.5 Å². The molecule has 6 heteroatoms. The van der Waals surface area contributed by atoms with E-state index in [1.54, 1.807) is 0 Å². The first-order chi connectivity index (χ1) is 14.1. The molecule has 0 aliphatic carbocycles. The summed E-state index contributed by atoms with van der Waals surface area (Å²) in [5, 5.41) is 14.8. The predicted octanol–water partition coefficient (Wildman–Crippen LogP) is 2.37. The number of ether oxygens (including phenoxy) is 1. The number of ketones is 1. The molecule has 0 radical (unpaired) electrons. The Morgan fingerprint density at radius 3 is 2.79 bits per heavy atom. The molecule has 1 amide bonds. The van der Waals surface area contributed by atoms with Crippen LogP contribution in [0, 0.1) is 0 Å². The van der Waals surface area contributed by atoms with Crippen LogP contribution in [-0.2, 0) is 4.79 Å². The summed E-state index contributed by atoms with van der Waals surface area (Å²) >= 11 is 0. The monoisotopic (exact) mass is 343 g/mol. The van der Waals surface area contributed by atoms with Gasteiger partial charge in [-0.25, -0.2) is 0 Å². The van der Waals surface area contributed by atoms with Crippen LogP contribution in [-0.4, -0.2) is 42.1 Å². The van der Waals surface area contributed by atoms with Gasteiger partial charge in [-0.15, -0.1) is 0 Å². The third-order valence-corrected chi connectivity index (χ3v) is 3.07. The van der Waals surface area contributed by atoms with E-state index < -0.39 is 39.0 Å². The molecule has 1 rings (SSSR count). The number of rotatable bonds is 10. The average molecular weight is 343 g/mol. The van der Waals surface area contributed by atoms with Gasteiger partial charge in [0.2, 0.25) is 5.91 Å². The van der Waals surface area contributed by atoms with E-state index in [0.29, 0.717) is 18.5 Å². The van der Waals surface area contributed by atoms with Crippen LogP contribution in [0.2, 0.25) is 0 Å². The number of hydrogen-bond acceptors (Lipinski definition) is 5. The van der Waals surface area contributed by atoms with Crippen LogP contribution in [0.15, 0.2) is 18.2 Å². The number of amides is 1. The third-order valence-electron chi connectivity index (χ3n) is 3.07. The van der Waals surface area contributed by atoms with E-state index in [9.17, 15) is 14.7 Å². The molecule has 1 aromatic rings. The summed E-state index contributed by atoms with van der Waals surface area (Å²) in [5.41, 5.74) is 0.571. The number of aliphatic hydroxyl groups excluding tert-OH is 1. The Kier molecular flexibility index (Phi) is 4.86. The van der Waals surface area contributed by atoms with E-state index in [-0.39, 0.29) is 23.0 Å². The van der Waals surface area contributed by atoms with Gasteiger partial charge in [0.05, 0.1) is 5.56 Å². The predicted molar refractivity (Wildman–Crippen MR) is 94.6 cm³/mol. The highest BCUT2D eigenvalue weighted by molar-refractivity contribution is 5.99. The molecule has 0 bridgehead atoms. The maximum absolute atomic E-state index is 11.9. The molecule has 3 N–H and O–H groups in total. The molecular weight excluding hydrogens is 308 g/mol. The van der Waals surface area contributed by atoms with Crippen molar-refractivity contribution in [2.75, 3.05) is 18.5 Å². The SMILES string of the molecule is [2H]C([2H])([2H])C([2H])(NCC(O)COc1ccc(NC(=O)CCC)cc1C(C)=O)C([2H])([2H])[2H]. The van der Waals surface area contributed by atoms with Crippen LogP contribution in [0.4, 0.5) is 5.69 Å². The third kappa shape index (κ3) is 7.10. The number of Topliss-reactive ketones (excluding diaryl/α,β-unsaturated/α-hetero) is 1. The molecule has 24 heavy (non-hydrogen) atoms. The maximum Gasteiger partial charge on any atom is 0.224 e. The molecule has 1 atom stereocenters. The number of hydrogen-bond donors (Lipinski definition) is 3. The number of nitrogens with one attached hydrogen (secondary N) is 2. The van der Waals surface area contributed by atoms with Crippen molar-refractivity contribution in [2.45, 2.75) is 52.5 Å². The minimum absolute atomic E-state index is 0.129. The minimum Gasteiger partial charge on any atom is -0.490 e. The largest absolute Gasteiger partial charge is 0.490 e. The summed E-state index contributed by atoms with van der Waals surface area (Å²) in [6.45, 7) is -4.11. The Morgan fingerprint density at radius 1 is 1.42 bits per heavy atom. The van der Waals surface area contributed by atoms with Crippen LogP contribution in [0.25, 0.3) is 0 Å². The highest BCUT2D eigenvalue weighted by atomic mass is 16.5. The quantitative estimate of drug-likeness (QED) is 0.568. The van der Waals surface area contributed by atoms with Crippen LogP contribution < -0.4 is 15.4 Å². The van der Waals surface area contributed by atoms with Crippen molar-refractivity contribution >= 4 is 17.4 Å². The van der Waals surface area contributed by atoms with E-state index in [0.717, 1.165) is 0 Å². The zero-order chi connectivity index (χ0) is 24.0. The minimum atomic E-state index is -3.17. The van der Waals surface area contributed by atoms with Gasteiger partial charge >= 0.3 is 0 Å². The summed E-state index contributed by atoms with van der Waals surface area (Å²) in [4.78, 5) is 23.7. The van der Waals surface area contributed by atoms with Gasteiger partial charge in [-0.1, -0.05) is 20.6 Å². The smallest absolute Gasteiger partial charge is 0.224 e. The molecule has 0 aliphatic heterocycles. The lowest BCUT2D eigenvalue weighted by molar-refractivity contribution is -0.116. The van der Waals surface area contributed by atoms with E-state index in [1.807, 2.05) is 6.92 Å². The lowest BCUT2D eigenvalue weighted by Crippen LogP contribution is -2.35. The Morgan fingerprint density at radius 2 is 2.17 bits per heavy atom. The van der Waals surface area contributed by atoms with E-state index in [2.05, 4.69) is 10.6 Å². The second-order valence-electron chi connectivity index (χ2n) is 5.29. The molecular formula is C18H28N2O4. The topological polar surface area (TPSA) is 87.7 Å². The normalized spacial score (nSPS) is 17.9. The fourth-order valence-electron chi connectivity index (χ4n) is 1.92. The van der Waals surface area contributed by atoms with Crippen LogP contribution in [0.5, 0.6) is 5.75 Å². The van der Waals surface area contributed by atoms with Gasteiger partial charge < -0.3 is 20.5 Å². The number of carbonyl (C=O) groups is 2. The first-order valence-electron chi connectivity index (χ1n) is 11.1. The lowest BCUT2D eigenvalue weighted by atomic mass is 10.1. The second kappa shape index (κ2) is 10.1. The lowest BCUT2D eigenvalue weighted by Gasteiger charge is -2.17. The molecule has 1 aromatic carbocycles. The second-order valence-corrected chi connectivity index (χ2v) is 5.29. The first kappa shape index (κ1) is 11.6. The van der Waals surface area contributed by atoms with Crippen molar-refractivity contribution < 1.29 is 29.0 Å². The van der Waals surface area contributed by atoms with Gasteiger partial charge in [0, 0.05) is 34.3 Å². The summed E-state index contributed by atoms with van der Waals surface area (Å²) < 4.78 is 57.3. The standard InChI is InChI=1S/C18H28N2O4/c1-5-6-18(23)20-14-7-8-17(16(9-14)13(4)21)24-11-15(22)10-19-12(2)3/h7-9,12,15,19,22H,5-6,10-11H2,1-4H3,(H,20,23)/i2D3,3D3,12D. The number of carbonyl (C=O) groups excluding carboxylic acids is 2. The molecule has 134 valence electrons. The number of anilines is 1. The summed E-state index contributed by atoms with van der Waals surface area (Å²) in [5.74, 6) is -0.414. The van der Waals surface area contributed by atoms with Crippen LogP contribution in [0.3, 0.4) is 0 Å². The fraction of sp³-hybridized carbons (Fsp3) is 0.556. The highest BCUT2D eigenvalue weighted by Crippen LogP contribution is 2.24. The molecule has 1 unspecified atom stereocenters. The zero-order valence-corrected chi connectivity index (χ0v) is 13.8. The molecule has 0 aromatic heterocycles. The van der Waals surface area contributed by atoms with Gasteiger partial charge in [0.25, 0.3) is 0 Å². The molecule has 6 nitrogen and oxygen atoms in total. The average Bonchev–Trinajstić information content (AvgIpc) is 2.63. The van der Waals surface area contributed by atoms with Gasteiger partial charge in [-0.3, -0.25) is 9.59 Å². The summed E-state index contributed by atoms with van der Waals surface area (Å²) in [7, 11) is 0. The van der Waals surface area contributed by atoms with Crippen molar-refractivity contribution in [3.8, 4) is 5.75 Å². The van der Waals surface area contributed by atoms with Crippen molar-refractivity contribution in [3.63, 3.8) is 0 Å². The van der Waals surface area contributed by atoms with Crippen molar-refractivity contribution in [2.24, 2.45) is 0 Å². The first-order valence-corrected chi connectivity index (χ1v) is 7.63. The molecule has 0 fully saturated rings. The zero-order valence-electron chi connectivity index (χ0n) is 20.8.